The van der Waals surface area contributed by atoms with Crippen molar-refractivity contribution in [3.8, 4) is 0 Å². The van der Waals surface area contributed by atoms with Crippen molar-refractivity contribution < 1.29 is 4.74 Å². The van der Waals surface area contributed by atoms with Crippen molar-refractivity contribution in [1.29, 1.82) is 0 Å². The van der Waals surface area contributed by atoms with Crippen LogP contribution in [0.5, 0.6) is 0 Å². The van der Waals surface area contributed by atoms with Gasteiger partial charge in [-0.25, -0.2) is 0 Å². The smallest absolute Gasteiger partial charge is 0.0662 e. The summed E-state index contributed by atoms with van der Waals surface area (Å²) >= 11 is 0. The highest BCUT2D eigenvalue weighted by molar-refractivity contribution is 4.95. The Morgan fingerprint density at radius 2 is 2.00 bits per heavy atom. The maximum Gasteiger partial charge on any atom is 0.0662 e. The van der Waals surface area contributed by atoms with Crippen LogP contribution in [-0.2, 0) is 4.74 Å². The molecule has 0 aromatic carbocycles. The quantitative estimate of drug-likeness (QED) is 0.780. The molecule has 3 heteroatoms. The first kappa shape index (κ1) is 13.9. The summed E-state index contributed by atoms with van der Waals surface area (Å²) in [5.41, 5.74) is 6.11. The minimum atomic E-state index is 0.0800. The molecule has 1 atom stereocenters. The van der Waals surface area contributed by atoms with Crippen molar-refractivity contribution in [2.75, 3.05) is 26.3 Å². The lowest BCUT2D eigenvalue weighted by molar-refractivity contribution is -0.0621. The Morgan fingerprint density at radius 1 is 1.31 bits per heavy atom. The van der Waals surface area contributed by atoms with Gasteiger partial charge in [0.1, 0.15) is 0 Å². The fourth-order valence-electron chi connectivity index (χ4n) is 2.69. The maximum atomic E-state index is 6.03. The lowest BCUT2D eigenvalue weighted by Crippen LogP contribution is -2.61. The average Bonchev–Trinajstić information content (AvgIpc) is 2.26. The molecule has 0 radical (unpaired) electrons. The van der Waals surface area contributed by atoms with Crippen LogP contribution in [0.25, 0.3) is 0 Å². The lowest BCUT2D eigenvalue weighted by Gasteiger charge is -2.48. The Bertz CT molecular complexity index is 198. The van der Waals surface area contributed by atoms with E-state index in [1.165, 1.54) is 6.42 Å². The van der Waals surface area contributed by atoms with E-state index in [1.54, 1.807) is 0 Å². The third kappa shape index (κ3) is 3.19. The number of hydrogen-bond acceptors (Lipinski definition) is 3. The highest BCUT2D eigenvalue weighted by Crippen LogP contribution is 2.28. The molecule has 0 aromatic rings. The minimum absolute atomic E-state index is 0.0800. The maximum absolute atomic E-state index is 6.03. The predicted molar refractivity (Wildman–Crippen MR) is 68.5 cm³/mol. The van der Waals surface area contributed by atoms with E-state index in [9.17, 15) is 0 Å². The number of ether oxygens (including phenoxy) is 1. The van der Waals surface area contributed by atoms with Crippen LogP contribution in [-0.4, -0.2) is 42.8 Å². The predicted octanol–water partition coefficient (Wildman–Crippen LogP) is 1.86. The van der Waals surface area contributed by atoms with E-state index in [0.29, 0.717) is 18.5 Å². The van der Waals surface area contributed by atoms with E-state index >= 15 is 0 Å². The molecule has 1 aliphatic heterocycles. The molecular weight excluding hydrogens is 200 g/mol. The molecule has 0 aromatic heterocycles. The van der Waals surface area contributed by atoms with Crippen molar-refractivity contribution in [3.05, 3.63) is 0 Å². The zero-order valence-corrected chi connectivity index (χ0v) is 11.3. The molecule has 0 aliphatic carbocycles. The summed E-state index contributed by atoms with van der Waals surface area (Å²) in [5, 5.41) is 0. The van der Waals surface area contributed by atoms with Crippen LogP contribution in [0.15, 0.2) is 0 Å². The van der Waals surface area contributed by atoms with E-state index in [1.807, 2.05) is 0 Å². The second kappa shape index (κ2) is 5.99. The Hall–Kier alpha value is -0.120. The Labute approximate surface area is 100 Å². The number of nitrogens with zero attached hydrogens (tertiary/aromatic N) is 1. The molecule has 96 valence electrons. The van der Waals surface area contributed by atoms with Crippen LogP contribution in [0, 0.1) is 5.92 Å². The molecule has 0 amide bonds. The first-order chi connectivity index (χ1) is 7.52. The van der Waals surface area contributed by atoms with Crippen LogP contribution >= 0.6 is 0 Å². The van der Waals surface area contributed by atoms with Gasteiger partial charge in [-0.05, 0) is 32.6 Å². The van der Waals surface area contributed by atoms with Crippen molar-refractivity contribution >= 4 is 0 Å². The topological polar surface area (TPSA) is 38.5 Å². The molecule has 1 saturated heterocycles. The number of nitrogens with two attached hydrogens (primary N) is 1. The van der Waals surface area contributed by atoms with Crippen molar-refractivity contribution in [1.82, 2.24) is 4.90 Å². The molecular formula is C13H28N2O. The molecule has 1 unspecified atom stereocenters. The van der Waals surface area contributed by atoms with Crippen LogP contribution in [0.3, 0.4) is 0 Å². The Balaban J connectivity index is 2.78. The third-order valence-corrected chi connectivity index (χ3v) is 3.48. The van der Waals surface area contributed by atoms with E-state index < -0.39 is 0 Å². The Kier molecular flexibility index (Phi) is 5.22. The lowest BCUT2D eigenvalue weighted by atomic mass is 9.88. The molecule has 0 saturated carbocycles. The summed E-state index contributed by atoms with van der Waals surface area (Å²) < 4.78 is 5.67. The van der Waals surface area contributed by atoms with Crippen molar-refractivity contribution in [2.24, 2.45) is 11.7 Å². The van der Waals surface area contributed by atoms with Gasteiger partial charge in [0.25, 0.3) is 0 Å². The van der Waals surface area contributed by atoms with Crippen molar-refractivity contribution in [3.63, 3.8) is 0 Å². The fourth-order valence-corrected chi connectivity index (χ4v) is 2.69. The fraction of sp³-hybridized carbons (Fsp3) is 1.00. The van der Waals surface area contributed by atoms with Crippen LogP contribution < -0.4 is 5.73 Å². The molecule has 0 spiro atoms. The summed E-state index contributed by atoms with van der Waals surface area (Å²) in [7, 11) is 0. The summed E-state index contributed by atoms with van der Waals surface area (Å²) in [6.45, 7) is 12.6. The summed E-state index contributed by atoms with van der Waals surface area (Å²) in [5.74, 6) is 0.674. The van der Waals surface area contributed by atoms with Gasteiger partial charge in [-0.15, -0.1) is 0 Å². The Morgan fingerprint density at radius 3 is 2.38 bits per heavy atom. The van der Waals surface area contributed by atoms with Crippen LogP contribution in [0.4, 0.5) is 0 Å². The van der Waals surface area contributed by atoms with Gasteiger partial charge in [-0.2, -0.15) is 0 Å². The molecule has 1 fully saturated rings. The summed E-state index contributed by atoms with van der Waals surface area (Å²) in [4.78, 5) is 2.55. The van der Waals surface area contributed by atoms with E-state index in [-0.39, 0.29) is 5.54 Å². The molecule has 1 heterocycles. The largest absolute Gasteiger partial charge is 0.379 e. The second-order valence-electron chi connectivity index (χ2n) is 5.72. The highest BCUT2D eigenvalue weighted by Gasteiger charge is 2.38. The average molecular weight is 228 g/mol. The van der Waals surface area contributed by atoms with Gasteiger partial charge in [-0.1, -0.05) is 13.8 Å². The monoisotopic (exact) mass is 228 g/mol. The van der Waals surface area contributed by atoms with Crippen LogP contribution in [0.1, 0.15) is 40.5 Å². The van der Waals surface area contributed by atoms with Gasteiger partial charge < -0.3 is 10.5 Å². The normalized spacial score (nSPS) is 27.0. The number of hydrogen-bond donors (Lipinski definition) is 1. The van der Waals surface area contributed by atoms with Gasteiger partial charge in [0, 0.05) is 25.7 Å². The number of rotatable bonds is 5. The van der Waals surface area contributed by atoms with E-state index in [2.05, 4.69) is 32.6 Å². The summed E-state index contributed by atoms with van der Waals surface area (Å²) in [6, 6.07) is 0.535. The SMILES string of the molecule is CC(C)CN(C(C)C)C1(CN)CCCOC1. The third-order valence-electron chi connectivity index (χ3n) is 3.48. The highest BCUT2D eigenvalue weighted by atomic mass is 16.5. The minimum Gasteiger partial charge on any atom is -0.379 e. The molecule has 2 N–H and O–H groups in total. The molecule has 1 rings (SSSR count). The zero-order chi connectivity index (χ0) is 12.2. The molecule has 3 nitrogen and oxygen atoms in total. The van der Waals surface area contributed by atoms with Gasteiger partial charge >= 0.3 is 0 Å². The van der Waals surface area contributed by atoms with Gasteiger partial charge in [0.15, 0.2) is 0 Å². The second-order valence-corrected chi connectivity index (χ2v) is 5.72. The van der Waals surface area contributed by atoms with Gasteiger partial charge in [-0.3, -0.25) is 4.90 Å². The summed E-state index contributed by atoms with van der Waals surface area (Å²) in [6.07, 6.45) is 2.31. The van der Waals surface area contributed by atoms with Crippen molar-refractivity contribution in [2.45, 2.75) is 52.1 Å². The van der Waals surface area contributed by atoms with Gasteiger partial charge in [0.2, 0.25) is 0 Å². The molecule has 0 bridgehead atoms. The standard InChI is InChI=1S/C13H28N2O/c1-11(2)8-15(12(3)4)13(9-14)6-5-7-16-10-13/h11-12H,5-10,14H2,1-4H3. The van der Waals surface area contributed by atoms with Crippen LogP contribution in [0.2, 0.25) is 0 Å². The molecule has 1 aliphatic rings. The van der Waals surface area contributed by atoms with E-state index in [0.717, 1.165) is 26.2 Å². The first-order valence-electron chi connectivity index (χ1n) is 6.56. The molecule has 16 heavy (non-hydrogen) atoms. The first-order valence-corrected chi connectivity index (χ1v) is 6.56. The van der Waals surface area contributed by atoms with Gasteiger partial charge in [0.05, 0.1) is 12.1 Å². The van der Waals surface area contributed by atoms with E-state index in [4.69, 9.17) is 10.5 Å². The zero-order valence-electron chi connectivity index (χ0n) is 11.3.